The molecule has 36 heavy (non-hydrogen) atoms. The Bertz CT molecular complexity index is 1270. The first-order valence-electron chi connectivity index (χ1n) is 13.1. The minimum atomic E-state index is -1.07. The normalized spacial score (nSPS) is 26.3. The van der Waals surface area contributed by atoms with E-state index in [1.165, 1.54) is 56.6 Å². The van der Waals surface area contributed by atoms with E-state index >= 15 is 0 Å². The molecule has 3 N–H and O–H groups in total. The molecule has 3 aliphatic rings. The van der Waals surface area contributed by atoms with Crippen molar-refractivity contribution in [3.63, 3.8) is 0 Å². The van der Waals surface area contributed by atoms with Crippen LogP contribution in [0.15, 0.2) is 72.8 Å². The highest BCUT2D eigenvalue weighted by molar-refractivity contribution is 6.07. The maximum Gasteiger partial charge on any atom is 0.337 e. The van der Waals surface area contributed by atoms with E-state index in [0.29, 0.717) is 11.0 Å². The van der Waals surface area contributed by atoms with Gasteiger partial charge in [-0.3, -0.25) is 4.79 Å². The van der Waals surface area contributed by atoms with Gasteiger partial charge >= 0.3 is 5.97 Å². The number of benzene rings is 3. The summed E-state index contributed by atoms with van der Waals surface area (Å²) in [4.78, 5) is 24.1. The van der Waals surface area contributed by atoms with Gasteiger partial charge in [0.05, 0.1) is 11.3 Å². The molecular weight excluding hydrogens is 448 g/mol. The van der Waals surface area contributed by atoms with E-state index in [9.17, 15) is 14.7 Å². The summed E-state index contributed by atoms with van der Waals surface area (Å²) in [7, 11) is 0. The summed E-state index contributed by atoms with van der Waals surface area (Å²) in [6.45, 7) is 0. The Morgan fingerprint density at radius 2 is 1.39 bits per heavy atom. The molecular formula is C31H32N2O3. The lowest BCUT2D eigenvalue weighted by Gasteiger charge is -2.57. The third kappa shape index (κ3) is 4.17. The van der Waals surface area contributed by atoms with E-state index in [-0.39, 0.29) is 17.2 Å². The van der Waals surface area contributed by atoms with Gasteiger partial charge in [-0.05, 0) is 109 Å². The van der Waals surface area contributed by atoms with Gasteiger partial charge in [0.15, 0.2) is 0 Å². The first kappa shape index (κ1) is 22.8. The summed E-state index contributed by atoms with van der Waals surface area (Å²) in [5.74, 6) is 1.28. The highest BCUT2D eigenvalue weighted by Crippen LogP contribution is 2.60. The molecule has 0 radical (unpaired) electrons. The number of amides is 1. The zero-order chi connectivity index (χ0) is 24.7. The first-order chi connectivity index (χ1) is 17.5. The highest BCUT2D eigenvalue weighted by atomic mass is 16.4. The second kappa shape index (κ2) is 9.12. The topological polar surface area (TPSA) is 78.4 Å². The molecule has 0 spiro atoms. The quantitative estimate of drug-likeness (QED) is 0.347. The van der Waals surface area contributed by atoms with Crippen molar-refractivity contribution in [2.75, 3.05) is 10.6 Å². The van der Waals surface area contributed by atoms with Crippen molar-refractivity contribution in [3.8, 4) is 0 Å². The van der Waals surface area contributed by atoms with Crippen LogP contribution in [0.5, 0.6) is 0 Å². The molecule has 3 aromatic rings. The predicted octanol–water partition coefficient (Wildman–Crippen LogP) is 7.24. The van der Waals surface area contributed by atoms with Gasteiger partial charge < -0.3 is 15.7 Å². The molecule has 5 nitrogen and oxygen atoms in total. The van der Waals surface area contributed by atoms with Crippen LogP contribution in [0.1, 0.15) is 71.2 Å². The molecule has 1 amide bonds. The van der Waals surface area contributed by atoms with Crippen LogP contribution < -0.4 is 10.6 Å². The van der Waals surface area contributed by atoms with Crippen LogP contribution in [0.3, 0.4) is 0 Å². The molecule has 184 valence electrons. The third-order valence-corrected chi connectivity index (χ3v) is 8.90. The molecule has 0 saturated heterocycles. The Labute approximate surface area is 211 Å². The average Bonchev–Trinajstić information content (AvgIpc) is 2.88. The lowest BCUT2D eigenvalue weighted by molar-refractivity contribution is 0.000451. The maximum atomic E-state index is 12.7. The minimum absolute atomic E-state index is 0.0666. The molecule has 3 aromatic carbocycles. The van der Waals surface area contributed by atoms with Gasteiger partial charge in [-0.15, -0.1) is 0 Å². The van der Waals surface area contributed by atoms with Crippen LogP contribution in [-0.2, 0) is 5.41 Å². The molecule has 0 heterocycles. The predicted molar refractivity (Wildman–Crippen MR) is 142 cm³/mol. The SMILES string of the molecule is O=C(Nc1ccccc1C(=O)O)c1ccc(Nc2ccc(C34CC5CCC3CCC(C5)C4)cc2)cc1. The molecule has 2 atom stereocenters. The van der Waals surface area contributed by atoms with Crippen molar-refractivity contribution in [1.82, 2.24) is 0 Å². The highest BCUT2D eigenvalue weighted by Gasteiger charge is 2.52. The van der Waals surface area contributed by atoms with E-state index in [2.05, 4.69) is 34.9 Å². The van der Waals surface area contributed by atoms with Crippen molar-refractivity contribution in [3.05, 3.63) is 89.5 Å². The number of carboxylic acid groups (broad SMARTS) is 1. The number of hydrogen-bond donors (Lipinski definition) is 3. The molecule has 5 heteroatoms. The van der Waals surface area contributed by atoms with Crippen LogP contribution >= 0.6 is 0 Å². The summed E-state index contributed by atoms with van der Waals surface area (Å²) >= 11 is 0. The third-order valence-electron chi connectivity index (χ3n) is 8.90. The second-order valence-corrected chi connectivity index (χ2v) is 11.0. The monoisotopic (exact) mass is 480 g/mol. The van der Waals surface area contributed by atoms with Gasteiger partial charge in [-0.1, -0.05) is 37.1 Å². The zero-order valence-electron chi connectivity index (χ0n) is 20.4. The molecule has 3 bridgehead atoms. The summed E-state index contributed by atoms with van der Waals surface area (Å²) in [5, 5.41) is 15.5. The molecule has 6 rings (SSSR count). The van der Waals surface area contributed by atoms with Crippen molar-refractivity contribution >= 4 is 28.9 Å². The van der Waals surface area contributed by atoms with E-state index in [0.717, 1.165) is 29.1 Å². The molecule has 3 fully saturated rings. The summed E-state index contributed by atoms with van der Waals surface area (Å²) in [6, 6.07) is 22.7. The van der Waals surface area contributed by atoms with Crippen LogP contribution in [0, 0.1) is 17.8 Å². The second-order valence-electron chi connectivity index (χ2n) is 11.0. The van der Waals surface area contributed by atoms with Gasteiger partial charge in [-0.2, -0.15) is 0 Å². The Balaban J connectivity index is 1.13. The summed E-state index contributed by atoms with van der Waals surface area (Å²) < 4.78 is 0. The number of para-hydroxylation sites is 1. The summed E-state index contributed by atoms with van der Waals surface area (Å²) in [5.41, 5.74) is 4.69. The molecule has 2 unspecified atom stereocenters. The lowest BCUT2D eigenvalue weighted by Crippen LogP contribution is -2.49. The number of carbonyl (C=O) groups is 2. The largest absolute Gasteiger partial charge is 0.478 e. The number of fused-ring (bicyclic) bond motifs is 2. The minimum Gasteiger partial charge on any atom is -0.478 e. The van der Waals surface area contributed by atoms with E-state index in [4.69, 9.17) is 0 Å². The molecule has 3 aliphatic carbocycles. The molecule has 0 aliphatic heterocycles. The van der Waals surface area contributed by atoms with Crippen molar-refractivity contribution in [1.29, 1.82) is 0 Å². The Morgan fingerprint density at radius 1 is 0.778 bits per heavy atom. The summed E-state index contributed by atoms with van der Waals surface area (Å²) in [6.07, 6.45) is 9.88. The van der Waals surface area contributed by atoms with Crippen molar-refractivity contribution in [2.45, 2.75) is 50.4 Å². The number of hydrogen-bond acceptors (Lipinski definition) is 3. The van der Waals surface area contributed by atoms with E-state index in [1.54, 1.807) is 30.3 Å². The van der Waals surface area contributed by atoms with Crippen LogP contribution in [0.4, 0.5) is 17.1 Å². The first-order valence-corrected chi connectivity index (χ1v) is 13.1. The number of aromatic carboxylic acids is 1. The lowest BCUT2D eigenvalue weighted by atomic mass is 9.47. The van der Waals surface area contributed by atoms with Crippen LogP contribution in [0.25, 0.3) is 0 Å². The Morgan fingerprint density at radius 3 is 2.03 bits per heavy atom. The van der Waals surface area contributed by atoms with Gasteiger partial charge in [0, 0.05) is 16.9 Å². The molecule has 3 saturated carbocycles. The Hall–Kier alpha value is -3.60. The number of carboxylic acids is 1. The van der Waals surface area contributed by atoms with Gasteiger partial charge in [-0.25, -0.2) is 4.79 Å². The van der Waals surface area contributed by atoms with E-state index in [1.807, 2.05) is 12.1 Å². The molecule has 0 aromatic heterocycles. The fourth-order valence-electron chi connectivity index (χ4n) is 7.30. The zero-order valence-corrected chi connectivity index (χ0v) is 20.4. The van der Waals surface area contributed by atoms with Gasteiger partial charge in [0.25, 0.3) is 5.91 Å². The van der Waals surface area contributed by atoms with Crippen LogP contribution in [-0.4, -0.2) is 17.0 Å². The fraction of sp³-hybridized carbons (Fsp3) is 0.355. The number of nitrogens with one attached hydrogen (secondary N) is 2. The number of rotatable bonds is 6. The fourth-order valence-corrected chi connectivity index (χ4v) is 7.30. The smallest absolute Gasteiger partial charge is 0.337 e. The van der Waals surface area contributed by atoms with Crippen molar-refractivity contribution < 1.29 is 14.7 Å². The number of anilines is 3. The van der Waals surface area contributed by atoms with Crippen molar-refractivity contribution in [2.24, 2.45) is 17.8 Å². The Kier molecular flexibility index (Phi) is 5.79. The van der Waals surface area contributed by atoms with Crippen LogP contribution in [0.2, 0.25) is 0 Å². The van der Waals surface area contributed by atoms with Gasteiger partial charge in [0.1, 0.15) is 0 Å². The standard InChI is InChI=1S/C31H32N2O3/c34-29(33-28-4-2-1-3-27(28)30(35)36)22-7-13-25(14-8-22)32-26-15-11-24(12-16-26)31-18-20-5-9-23(31)10-6-21(17-20)19-31/h1-4,7-8,11-16,20-21,23,32H,5-6,9-10,17-19H2,(H,33,34)(H,35,36). The maximum absolute atomic E-state index is 12.7. The van der Waals surface area contributed by atoms with Gasteiger partial charge in [0.2, 0.25) is 0 Å². The van der Waals surface area contributed by atoms with E-state index < -0.39 is 5.97 Å². The average molecular weight is 481 g/mol. The number of carbonyl (C=O) groups excluding carboxylic acids is 1.